The maximum atomic E-state index is 11.8. The lowest BCUT2D eigenvalue weighted by molar-refractivity contribution is -0.124. The molecule has 1 aliphatic rings. The molecule has 4 amide bonds. The van der Waals surface area contributed by atoms with Crippen LogP contribution in [0.4, 0.5) is 10.5 Å². The van der Waals surface area contributed by atoms with Gasteiger partial charge in [-0.3, -0.25) is 14.9 Å². The van der Waals surface area contributed by atoms with E-state index in [0.717, 1.165) is 0 Å². The molecule has 1 atom stereocenters. The van der Waals surface area contributed by atoms with E-state index in [0.29, 0.717) is 11.3 Å². The molecule has 8 heteroatoms. The average molecular weight is 305 g/mol. The summed E-state index contributed by atoms with van der Waals surface area (Å²) in [6, 6.07) is 4.68. The Bertz CT molecular complexity index is 611. The molecule has 116 valence electrons. The number of hydrogen-bond acceptors (Lipinski definition) is 5. The van der Waals surface area contributed by atoms with E-state index in [-0.39, 0.29) is 13.0 Å². The number of nitrogens with one attached hydrogen (secondary N) is 3. The second-order valence-electron chi connectivity index (χ2n) is 4.57. The van der Waals surface area contributed by atoms with Gasteiger partial charge in [0.15, 0.2) is 0 Å². The van der Waals surface area contributed by atoms with E-state index in [1.54, 1.807) is 19.1 Å². The molecule has 2 rings (SSSR count). The molecule has 0 aliphatic carbocycles. The molecule has 22 heavy (non-hydrogen) atoms. The van der Waals surface area contributed by atoms with Crippen molar-refractivity contribution in [2.24, 2.45) is 0 Å². The maximum Gasteiger partial charge on any atom is 0.338 e. The highest BCUT2D eigenvalue weighted by molar-refractivity contribution is 6.06. The lowest BCUT2D eigenvalue weighted by Gasteiger charge is -2.09. The van der Waals surface area contributed by atoms with Gasteiger partial charge in [0, 0.05) is 5.69 Å². The minimum Gasteiger partial charge on any atom is -0.462 e. The molecule has 1 saturated heterocycles. The Balaban J connectivity index is 1.90. The number of anilines is 1. The van der Waals surface area contributed by atoms with Crippen LogP contribution < -0.4 is 16.0 Å². The predicted octanol–water partition coefficient (Wildman–Crippen LogP) is 0.400. The van der Waals surface area contributed by atoms with Crippen LogP contribution in [0.1, 0.15) is 23.7 Å². The van der Waals surface area contributed by atoms with E-state index >= 15 is 0 Å². The largest absolute Gasteiger partial charge is 0.462 e. The molecule has 1 aromatic rings. The van der Waals surface area contributed by atoms with Gasteiger partial charge in [-0.15, -0.1) is 0 Å². The van der Waals surface area contributed by atoms with Gasteiger partial charge in [-0.1, -0.05) is 0 Å². The van der Waals surface area contributed by atoms with Crippen molar-refractivity contribution < 1.29 is 23.9 Å². The van der Waals surface area contributed by atoms with Crippen molar-refractivity contribution >= 4 is 29.5 Å². The van der Waals surface area contributed by atoms with Gasteiger partial charge in [0.25, 0.3) is 5.91 Å². The summed E-state index contributed by atoms with van der Waals surface area (Å²) < 4.78 is 4.85. The number of urea groups is 1. The third kappa shape index (κ3) is 3.81. The summed E-state index contributed by atoms with van der Waals surface area (Å²) >= 11 is 0. The first-order valence-electron chi connectivity index (χ1n) is 6.68. The van der Waals surface area contributed by atoms with Crippen LogP contribution in [0.2, 0.25) is 0 Å². The monoisotopic (exact) mass is 305 g/mol. The standard InChI is InChI=1S/C14H15N3O5/c1-2-22-13(20)8-3-5-9(6-4-8)15-11(18)7-10-12(19)17-14(21)16-10/h3-6,10H,2,7H2,1H3,(H,15,18)(H2,16,17,19,21). The van der Waals surface area contributed by atoms with Crippen molar-refractivity contribution in [1.82, 2.24) is 10.6 Å². The zero-order valence-electron chi connectivity index (χ0n) is 11.8. The molecule has 0 spiro atoms. The molecule has 0 saturated carbocycles. The molecule has 1 unspecified atom stereocenters. The quantitative estimate of drug-likeness (QED) is 0.538. The van der Waals surface area contributed by atoms with E-state index in [2.05, 4.69) is 10.6 Å². The SMILES string of the molecule is CCOC(=O)c1ccc(NC(=O)CC2NC(=O)NC2=O)cc1. The fourth-order valence-electron chi connectivity index (χ4n) is 1.90. The van der Waals surface area contributed by atoms with Crippen LogP contribution in [0, 0.1) is 0 Å². The molecule has 1 fully saturated rings. The topological polar surface area (TPSA) is 114 Å². The number of rotatable bonds is 5. The third-order valence-electron chi connectivity index (χ3n) is 2.93. The number of imide groups is 1. The molecule has 8 nitrogen and oxygen atoms in total. The number of hydrogen-bond donors (Lipinski definition) is 3. The third-order valence-corrected chi connectivity index (χ3v) is 2.93. The number of ether oxygens (including phenoxy) is 1. The summed E-state index contributed by atoms with van der Waals surface area (Å²) in [5.74, 6) is -1.39. The first-order chi connectivity index (χ1) is 10.5. The van der Waals surface area contributed by atoms with Crippen molar-refractivity contribution in [1.29, 1.82) is 0 Å². The Kier molecular flexibility index (Phi) is 4.72. The molecular formula is C14H15N3O5. The van der Waals surface area contributed by atoms with Gasteiger partial charge in [0.2, 0.25) is 5.91 Å². The molecule has 0 bridgehead atoms. The van der Waals surface area contributed by atoms with Crippen molar-refractivity contribution in [3.8, 4) is 0 Å². The number of esters is 1. The van der Waals surface area contributed by atoms with Crippen LogP contribution in [0.15, 0.2) is 24.3 Å². The normalized spacial score (nSPS) is 16.7. The Labute approximate surface area is 126 Å². The highest BCUT2D eigenvalue weighted by atomic mass is 16.5. The summed E-state index contributed by atoms with van der Waals surface area (Å²) in [5.41, 5.74) is 0.852. The lowest BCUT2D eigenvalue weighted by atomic mass is 10.2. The summed E-state index contributed by atoms with van der Waals surface area (Å²) in [5, 5.41) is 6.96. The van der Waals surface area contributed by atoms with Crippen molar-refractivity contribution in [2.75, 3.05) is 11.9 Å². The van der Waals surface area contributed by atoms with Crippen LogP contribution in [0.3, 0.4) is 0 Å². The maximum absolute atomic E-state index is 11.8. The van der Waals surface area contributed by atoms with E-state index in [9.17, 15) is 19.2 Å². The molecule has 1 aliphatic heterocycles. The van der Waals surface area contributed by atoms with Gasteiger partial charge < -0.3 is 15.4 Å². The lowest BCUT2D eigenvalue weighted by Crippen LogP contribution is -2.33. The zero-order valence-corrected chi connectivity index (χ0v) is 11.8. The zero-order chi connectivity index (χ0) is 16.1. The van der Waals surface area contributed by atoms with Crippen LogP contribution >= 0.6 is 0 Å². The summed E-state index contributed by atoms with van der Waals surface area (Å²) in [4.78, 5) is 45.6. The Morgan fingerprint density at radius 1 is 1.23 bits per heavy atom. The minimum atomic E-state index is -0.869. The first-order valence-corrected chi connectivity index (χ1v) is 6.68. The van der Waals surface area contributed by atoms with E-state index < -0.39 is 29.9 Å². The van der Waals surface area contributed by atoms with Gasteiger partial charge >= 0.3 is 12.0 Å². The highest BCUT2D eigenvalue weighted by Crippen LogP contribution is 2.11. The van der Waals surface area contributed by atoms with Crippen LogP contribution in [-0.4, -0.2) is 36.5 Å². The van der Waals surface area contributed by atoms with Gasteiger partial charge in [-0.25, -0.2) is 9.59 Å². The fourth-order valence-corrected chi connectivity index (χ4v) is 1.90. The Hall–Kier alpha value is -2.90. The van der Waals surface area contributed by atoms with Crippen molar-refractivity contribution in [3.05, 3.63) is 29.8 Å². The minimum absolute atomic E-state index is 0.169. The molecule has 0 aromatic heterocycles. The Morgan fingerprint density at radius 3 is 2.45 bits per heavy atom. The van der Waals surface area contributed by atoms with E-state index in [1.807, 2.05) is 5.32 Å². The predicted molar refractivity (Wildman–Crippen MR) is 76.1 cm³/mol. The fraction of sp³-hybridized carbons (Fsp3) is 0.286. The molecule has 1 aromatic carbocycles. The molecule has 3 N–H and O–H groups in total. The number of benzene rings is 1. The number of amides is 4. The molecule has 0 radical (unpaired) electrons. The first kappa shape index (κ1) is 15.5. The van der Waals surface area contributed by atoms with Gasteiger partial charge in [0.05, 0.1) is 18.6 Å². The highest BCUT2D eigenvalue weighted by Gasteiger charge is 2.31. The van der Waals surface area contributed by atoms with E-state index in [4.69, 9.17) is 4.74 Å². The van der Waals surface area contributed by atoms with Crippen molar-refractivity contribution in [2.45, 2.75) is 19.4 Å². The van der Waals surface area contributed by atoms with Gasteiger partial charge in [0.1, 0.15) is 6.04 Å². The second kappa shape index (κ2) is 6.70. The molecule has 1 heterocycles. The van der Waals surface area contributed by atoms with Crippen LogP contribution in [0.5, 0.6) is 0 Å². The summed E-state index contributed by atoms with van der Waals surface area (Å²) in [6.45, 7) is 2.00. The summed E-state index contributed by atoms with van der Waals surface area (Å²) in [7, 11) is 0. The molecular weight excluding hydrogens is 290 g/mol. The summed E-state index contributed by atoms with van der Waals surface area (Å²) in [6.07, 6.45) is -0.169. The van der Waals surface area contributed by atoms with Crippen LogP contribution in [-0.2, 0) is 14.3 Å². The Morgan fingerprint density at radius 2 is 1.91 bits per heavy atom. The van der Waals surface area contributed by atoms with Gasteiger partial charge in [-0.2, -0.15) is 0 Å². The average Bonchev–Trinajstić information content (AvgIpc) is 2.77. The van der Waals surface area contributed by atoms with E-state index in [1.165, 1.54) is 12.1 Å². The van der Waals surface area contributed by atoms with Crippen molar-refractivity contribution in [3.63, 3.8) is 0 Å². The second-order valence-corrected chi connectivity index (χ2v) is 4.57. The van der Waals surface area contributed by atoms with Crippen LogP contribution in [0.25, 0.3) is 0 Å². The van der Waals surface area contributed by atoms with Gasteiger partial charge in [-0.05, 0) is 31.2 Å². The number of carbonyl (C=O) groups excluding carboxylic acids is 4. The smallest absolute Gasteiger partial charge is 0.338 e. The number of carbonyl (C=O) groups is 4.